The van der Waals surface area contributed by atoms with E-state index >= 15 is 0 Å². The number of hydrogen-bond donors (Lipinski definition) is 0. The Morgan fingerprint density at radius 3 is 2.33 bits per heavy atom. The van der Waals surface area contributed by atoms with Gasteiger partial charge in [0.1, 0.15) is 0 Å². The van der Waals surface area contributed by atoms with Gasteiger partial charge in [0.2, 0.25) is 10.0 Å². The highest BCUT2D eigenvalue weighted by Crippen LogP contribution is 2.61. The summed E-state index contributed by atoms with van der Waals surface area (Å²) in [4.78, 5) is 0. The van der Waals surface area contributed by atoms with Crippen LogP contribution in [-0.2, 0) is 16.2 Å². The number of halogens is 3. The molecule has 1 aliphatic heterocycles. The molecule has 1 heterocycles. The number of sulfonamides is 1. The first-order valence-electron chi connectivity index (χ1n) is 10.8. The summed E-state index contributed by atoms with van der Waals surface area (Å²) in [5, 5.41) is 9.72. The van der Waals surface area contributed by atoms with Crippen LogP contribution in [0, 0.1) is 29.1 Å². The minimum Gasteiger partial charge on any atom is -0.270 e. The zero-order chi connectivity index (χ0) is 23.8. The van der Waals surface area contributed by atoms with Crippen LogP contribution in [0.3, 0.4) is 0 Å². The van der Waals surface area contributed by atoms with Crippen molar-refractivity contribution in [2.45, 2.75) is 30.1 Å². The van der Waals surface area contributed by atoms with Crippen LogP contribution in [0.2, 0.25) is 18.6 Å². The van der Waals surface area contributed by atoms with Crippen molar-refractivity contribution in [3.63, 3.8) is 0 Å². The van der Waals surface area contributed by atoms with Crippen molar-refractivity contribution in [2.75, 3.05) is 10.8 Å². The van der Waals surface area contributed by atoms with Gasteiger partial charge in [-0.05, 0) is 35.6 Å². The summed E-state index contributed by atoms with van der Waals surface area (Å²) in [6.45, 7) is 4.72. The summed E-state index contributed by atoms with van der Waals surface area (Å²) in [7, 11) is -5.87. The van der Waals surface area contributed by atoms with Crippen LogP contribution in [0.15, 0.2) is 60.7 Å². The van der Waals surface area contributed by atoms with Gasteiger partial charge in [0, 0.05) is 12.5 Å². The van der Waals surface area contributed by atoms with Crippen LogP contribution in [-0.4, -0.2) is 28.3 Å². The predicted molar refractivity (Wildman–Crippen MR) is 123 cm³/mol. The van der Waals surface area contributed by atoms with E-state index in [0.717, 1.165) is 16.4 Å². The maximum Gasteiger partial charge on any atom is 0.417 e. The van der Waals surface area contributed by atoms with Crippen LogP contribution in [0.4, 0.5) is 18.9 Å². The summed E-state index contributed by atoms with van der Waals surface area (Å²) in [5.74, 6) is -0.213. The van der Waals surface area contributed by atoms with Gasteiger partial charge in [-0.2, -0.15) is 18.4 Å². The van der Waals surface area contributed by atoms with E-state index in [1.165, 1.54) is 11.3 Å². The van der Waals surface area contributed by atoms with Crippen molar-refractivity contribution in [1.29, 1.82) is 5.26 Å². The van der Waals surface area contributed by atoms with Crippen LogP contribution >= 0.6 is 0 Å². The average molecular weight is 489 g/mol. The lowest BCUT2D eigenvalue weighted by Crippen LogP contribution is -2.49. The third kappa shape index (κ3) is 3.18. The average Bonchev–Trinajstić information content (AvgIpc) is 3.42. The quantitative estimate of drug-likeness (QED) is 0.472. The Kier molecular flexibility index (Phi) is 4.86. The van der Waals surface area contributed by atoms with E-state index in [9.17, 15) is 21.6 Å². The topological polar surface area (TPSA) is 61.2 Å². The number of anilines is 1. The molecule has 2 aromatic rings. The van der Waals surface area contributed by atoms with Gasteiger partial charge >= 0.3 is 6.18 Å². The Labute approximate surface area is 192 Å². The molecule has 3 aliphatic rings. The molecule has 0 amide bonds. The van der Waals surface area contributed by atoms with Crippen LogP contribution in [0.25, 0.3) is 0 Å². The zero-order valence-corrected chi connectivity index (χ0v) is 19.9. The third-order valence-electron chi connectivity index (χ3n) is 7.78. The molecule has 1 saturated heterocycles. The molecule has 5 rings (SSSR count). The second kappa shape index (κ2) is 7.21. The summed E-state index contributed by atoms with van der Waals surface area (Å²) >= 11 is 0. The van der Waals surface area contributed by atoms with E-state index in [1.807, 2.05) is 24.3 Å². The molecule has 5 atom stereocenters. The number of hydrogen-bond acceptors (Lipinski definition) is 3. The largest absolute Gasteiger partial charge is 0.417 e. The molecular weight excluding hydrogens is 465 g/mol. The molecule has 1 saturated carbocycles. The Morgan fingerprint density at radius 2 is 1.73 bits per heavy atom. The van der Waals surface area contributed by atoms with E-state index in [-0.39, 0.29) is 35.5 Å². The maximum absolute atomic E-state index is 13.7. The lowest BCUT2D eigenvalue weighted by atomic mass is 9.93. The number of alkyl halides is 3. The molecule has 0 N–H and O–H groups in total. The number of benzene rings is 2. The van der Waals surface area contributed by atoms with Crippen molar-refractivity contribution in [2.24, 2.45) is 17.8 Å². The van der Waals surface area contributed by atoms with Gasteiger partial charge in [-0.3, -0.25) is 4.31 Å². The summed E-state index contributed by atoms with van der Waals surface area (Å²) in [6, 6.07) is 14.9. The monoisotopic (exact) mass is 488 g/mol. The highest BCUT2D eigenvalue weighted by Gasteiger charge is 2.65. The summed E-state index contributed by atoms with van der Waals surface area (Å²) in [5.41, 5.74) is -1.41. The molecule has 9 heteroatoms. The molecule has 2 fully saturated rings. The normalized spacial score (nSPS) is 29.8. The maximum atomic E-state index is 13.7. The molecule has 2 aliphatic carbocycles. The van der Waals surface area contributed by atoms with E-state index in [2.05, 4.69) is 31.3 Å². The first-order chi connectivity index (χ1) is 15.5. The molecule has 1 unspecified atom stereocenters. The fourth-order valence-electron chi connectivity index (χ4n) is 6.36. The van der Waals surface area contributed by atoms with Crippen molar-refractivity contribution in [3.05, 3.63) is 71.8 Å². The highest BCUT2D eigenvalue weighted by atomic mass is 32.2. The smallest absolute Gasteiger partial charge is 0.270 e. The van der Waals surface area contributed by atoms with Crippen LogP contribution < -0.4 is 9.49 Å². The fraction of sp³-hybridized carbons (Fsp3) is 0.375. The van der Waals surface area contributed by atoms with E-state index in [0.29, 0.717) is 0 Å². The van der Waals surface area contributed by atoms with Crippen molar-refractivity contribution >= 4 is 29.0 Å². The Morgan fingerprint density at radius 1 is 1.06 bits per heavy atom. The molecular formula is C24H23F3N2O2SSi. The molecule has 0 aromatic heterocycles. The number of allylic oxidation sites excluding steroid dienone is 2. The lowest BCUT2D eigenvalue weighted by molar-refractivity contribution is -0.137. The molecule has 0 radical (unpaired) electrons. The Balaban J connectivity index is 1.51. The Bertz CT molecular complexity index is 1290. The number of fused-ring (bicyclic) bond motifs is 5. The van der Waals surface area contributed by atoms with Crippen molar-refractivity contribution < 1.29 is 21.6 Å². The first kappa shape index (κ1) is 22.2. The summed E-state index contributed by atoms with van der Waals surface area (Å²) in [6.07, 6.45) is -0.584. The second-order valence-electron chi connectivity index (χ2n) is 9.70. The minimum absolute atomic E-state index is 0.0220. The molecule has 2 aromatic carbocycles. The number of nitrogens with zero attached hydrogens (tertiary/aromatic N) is 2. The molecule has 0 spiro atoms. The zero-order valence-electron chi connectivity index (χ0n) is 18.1. The second-order valence-corrected chi connectivity index (χ2v) is 16.4. The van der Waals surface area contributed by atoms with E-state index in [4.69, 9.17) is 5.26 Å². The van der Waals surface area contributed by atoms with E-state index in [1.54, 1.807) is 6.07 Å². The standard InChI is InChI=1S/C24H23F3N2O2SSi/c1-33(2,17-6-4-3-5-7-17)23-18-10-11-19(23)22-20(18)14-29(32(22,30)31)16-9-8-15(13-28)21(12-16)24(25,26)27/h3-12,18-20,22-23H,14H2,1-2H3/t18-,19+,20+,22-,23?/m1/s1. The number of rotatable bonds is 3. The Hall–Kier alpha value is -2.57. The first-order valence-corrected chi connectivity index (χ1v) is 15.4. The van der Waals surface area contributed by atoms with Crippen molar-refractivity contribution in [3.8, 4) is 6.07 Å². The van der Waals surface area contributed by atoms with Gasteiger partial charge in [0.15, 0.2) is 0 Å². The summed E-state index contributed by atoms with van der Waals surface area (Å²) < 4.78 is 68.9. The van der Waals surface area contributed by atoms with Gasteiger partial charge in [0.05, 0.1) is 36.2 Å². The molecule has 33 heavy (non-hydrogen) atoms. The molecule has 172 valence electrons. The number of nitriles is 1. The highest BCUT2D eigenvalue weighted by molar-refractivity contribution is 7.93. The van der Waals surface area contributed by atoms with Crippen LogP contribution in [0.1, 0.15) is 11.1 Å². The van der Waals surface area contributed by atoms with E-state index < -0.39 is 40.7 Å². The SMILES string of the molecule is C[Si](C)(c1ccccc1)C1[C@H]2C=C[C@@H]1[C@@H]1CN(c3ccc(C#N)c(C(F)(F)F)c3)S(=O)(=O)[C@@H]12. The van der Waals surface area contributed by atoms with Gasteiger partial charge in [-0.15, -0.1) is 0 Å². The molecule has 2 bridgehead atoms. The van der Waals surface area contributed by atoms with Gasteiger partial charge in [-0.25, -0.2) is 8.42 Å². The van der Waals surface area contributed by atoms with Crippen LogP contribution in [0.5, 0.6) is 0 Å². The third-order valence-corrected chi connectivity index (χ3v) is 14.4. The van der Waals surface area contributed by atoms with Gasteiger partial charge < -0.3 is 0 Å². The lowest BCUT2D eigenvalue weighted by Gasteiger charge is -2.35. The van der Waals surface area contributed by atoms with Crippen molar-refractivity contribution in [1.82, 2.24) is 0 Å². The van der Waals surface area contributed by atoms with Gasteiger partial charge in [0.25, 0.3) is 0 Å². The minimum atomic E-state index is -4.74. The fourth-order valence-corrected chi connectivity index (χ4v) is 13.0. The molecule has 4 nitrogen and oxygen atoms in total. The predicted octanol–water partition coefficient (Wildman–Crippen LogP) is 4.51. The van der Waals surface area contributed by atoms with Gasteiger partial charge in [-0.1, -0.05) is 60.8 Å².